The third kappa shape index (κ3) is 5.02. The molecule has 0 saturated heterocycles. The predicted molar refractivity (Wildman–Crippen MR) is 110 cm³/mol. The van der Waals surface area contributed by atoms with E-state index in [4.69, 9.17) is 15.2 Å². The van der Waals surface area contributed by atoms with Crippen LogP contribution < -0.4 is 16.0 Å². The van der Waals surface area contributed by atoms with E-state index in [1.807, 2.05) is 0 Å². The van der Waals surface area contributed by atoms with Crippen LogP contribution in [0.1, 0.15) is 49.7 Å². The molecular formula is C20H29ClN2O4. The van der Waals surface area contributed by atoms with Crippen molar-refractivity contribution in [2.45, 2.75) is 46.7 Å². The molecule has 0 aliphatic rings. The van der Waals surface area contributed by atoms with Crippen LogP contribution in [0.4, 0.5) is 0 Å². The number of ether oxygens (including phenoxy) is 2. The zero-order valence-electron chi connectivity index (χ0n) is 16.4. The van der Waals surface area contributed by atoms with E-state index in [1.165, 1.54) is 7.11 Å². The van der Waals surface area contributed by atoms with Crippen LogP contribution in [-0.4, -0.2) is 24.3 Å². The number of unbranched alkanes of at least 4 members (excludes halogenated alkanes) is 1. The quantitative estimate of drug-likeness (QED) is 0.545. The number of benzene rings is 1. The number of pyridine rings is 1. The molecular weight excluding hydrogens is 368 g/mol. The predicted octanol–water partition coefficient (Wildman–Crippen LogP) is 3.50. The fraction of sp³-hybridized carbons (Fsp3) is 0.500. The van der Waals surface area contributed by atoms with Gasteiger partial charge in [0.05, 0.1) is 30.4 Å². The third-order valence-electron chi connectivity index (χ3n) is 4.23. The van der Waals surface area contributed by atoms with Crippen molar-refractivity contribution in [3.63, 3.8) is 0 Å². The second-order valence-corrected chi connectivity index (χ2v) is 6.74. The molecule has 0 atom stereocenters. The molecule has 1 aromatic heterocycles. The smallest absolute Gasteiger partial charge is 0.337 e. The van der Waals surface area contributed by atoms with Crippen LogP contribution in [-0.2, 0) is 17.8 Å². The number of fused-ring (bicyclic) bond motifs is 1. The molecule has 7 heteroatoms. The zero-order valence-corrected chi connectivity index (χ0v) is 17.2. The maximum Gasteiger partial charge on any atom is 0.337 e. The van der Waals surface area contributed by atoms with E-state index >= 15 is 0 Å². The number of aromatic nitrogens is 1. The van der Waals surface area contributed by atoms with Gasteiger partial charge in [0, 0.05) is 18.5 Å². The summed E-state index contributed by atoms with van der Waals surface area (Å²) in [5.74, 6) is 0.419. The largest absolute Gasteiger partial charge is 0.491 e. The van der Waals surface area contributed by atoms with Gasteiger partial charge < -0.3 is 19.8 Å². The Hall–Kier alpha value is -2.05. The van der Waals surface area contributed by atoms with E-state index in [0.29, 0.717) is 40.9 Å². The number of hydrogen-bond donors (Lipinski definition) is 1. The summed E-state index contributed by atoms with van der Waals surface area (Å²) in [5, 5.41) is 1.12. The van der Waals surface area contributed by atoms with Gasteiger partial charge in [-0.15, -0.1) is 12.4 Å². The van der Waals surface area contributed by atoms with Crippen molar-refractivity contribution < 1.29 is 14.3 Å². The molecule has 0 aliphatic carbocycles. The topological polar surface area (TPSA) is 83.5 Å². The summed E-state index contributed by atoms with van der Waals surface area (Å²) < 4.78 is 12.5. The first-order valence-electron chi connectivity index (χ1n) is 9.05. The monoisotopic (exact) mass is 396 g/mol. The normalized spacial score (nSPS) is 10.7. The Morgan fingerprint density at radius 1 is 1.26 bits per heavy atom. The number of methoxy groups -OCH3 is 1. The Labute approximate surface area is 166 Å². The summed E-state index contributed by atoms with van der Waals surface area (Å²) in [4.78, 5) is 24.9. The van der Waals surface area contributed by atoms with Crippen molar-refractivity contribution >= 4 is 29.1 Å². The molecule has 0 spiro atoms. The number of hydrogen-bond acceptors (Lipinski definition) is 5. The minimum absolute atomic E-state index is 0. The molecule has 150 valence electrons. The minimum atomic E-state index is -0.452. The van der Waals surface area contributed by atoms with Gasteiger partial charge in [0.25, 0.3) is 5.56 Å². The van der Waals surface area contributed by atoms with E-state index in [0.717, 1.165) is 12.8 Å². The molecule has 6 nitrogen and oxygen atoms in total. The summed E-state index contributed by atoms with van der Waals surface area (Å²) in [5.41, 5.74) is 6.91. The first kappa shape index (κ1) is 23.0. The molecule has 27 heavy (non-hydrogen) atoms. The van der Waals surface area contributed by atoms with Crippen molar-refractivity contribution in [3.05, 3.63) is 39.8 Å². The van der Waals surface area contributed by atoms with Gasteiger partial charge in [-0.25, -0.2) is 4.79 Å². The first-order chi connectivity index (χ1) is 12.4. The summed E-state index contributed by atoms with van der Waals surface area (Å²) in [6.45, 7) is 7.46. The maximum atomic E-state index is 13.0. The summed E-state index contributed by atoms with van der Waals surface area (Å²) in [6.07, 6.45) is 1.89. The Morgan fingerprint density at radius 2 is 1.96 bits per heavy atom. The third-order valence-corrected chi connectivity index (χ3v) is 4.23. The lowest BCUT2D eigenvalue weighted by Crippen LogP contribution is -2.28. The van der Waals surface area contributed by atoms with Gasteiger partial charge >= 0.3 is 5.97 Å². The number of esters is 1. The first-order valence-corrected chi connectivity index (χ1v) is 9.05. The van der Waals surface area contributed by atoms with Crippen molar-refractivity contribution in [1.82, 2.24) is 4.57 Å². The van der Waals surface area contributed by atoms with E-state index in [-0.39, 0.29) is 30.4 Å². The van der Waals surface area contributed by atoms with E-state index < -0.39 is 5.97 Å². The van der Waals surface area contributed by atoms with Gasteiger partial charge in [0.15, 0.2) is 0 Å². The van der Waals surface area contributed by atoms with E-state index in [9.17, 15) is 9.59 Å². The van der Waals surface area contributed by atoms with E-state index in [2.05, 4.69) is 20.8 Å². The molecule has 0 saturated carbocycles. The molecule has 0 radical (unpaired) electrons. The van der Waals surface area contributed by atoms with Gasteiger partial charge in [-0.3, -0.25) is 4.79 Å². The molecule has 2 rings (SSSR count). The minimum Gasteiger partial charge on any atom is -0.491 e. The molecule has 2 N–H and O–H groups in total. The number of carbonyl (C=O) groups is 1. The maximum absolute atomic E-state index is 13.0. The lowest BCUT2D eigenvalue weighted by Gasteiger charge is -2.20. The Balaban J connectivity index is 0.00000364. The summed E-state index contributed by atoms with van der Waals surface area (Å²) in [7, 11) is 1.33. The highest BCUT2D eigenvalue weighted by Gasteiger charge is 2.19. The highest BCUT2D eigenvalue weighted by Crippen LogP contribution is 2.29. The van der Waals surface area contributed by atoms with Crippen molar-refractivity contribution in [1.29, 1.82) is 0 Å². The van der Waals surface area contributed by atoms with Crippen LogP contribution in [0.3, 0.4) is 0 Å². The fourth-order valence-corrected chi connectivity index (χ4v) is 2.95. The average Bonchev–Trinajstić information content (AvgIpc) is 2.63. The molecule has 0 fully saturated rings. The molecule has 1 heterocycles. The molecule has 0 amide bonds. The van der Waals surface area contributed by atoms with Crippen LogP contribution in [0.5, 0.6) is 5.75 Å². The average molecular weight is 397 g/mol. The van der Waals surface area contributed by atoms with Crippen molar-refractivity contribution in [3.8, 4) is 5.75 Å². The van der Waals surface area contributed by atoms with Gasteiger partial charge in [0.2, 0.25) is 0 Å². The zero-order chi connectivity index (χ0) is 19.3. The Morgan fingerprint density at radius 3 is 2.52 bits per heavy atom. The standard InChI is InChI=1S/C20H28N2O4.ClH/c1-5-6-9-26-18-16-10-14(20(24)25-4)7-8-15(16)19(23)22(12-13(2)3)17(18)11-21;/h7-8,10,13H,5-6,9,11-12,21H2,1-4H3;1H. The molecule has 0 aliphatic heterocycles. The summed E-state index contributed by atoms with van der Waals surface area (Å²) >= 11 is 0. The van der Waals surface area contributed by atoms with E-state index in [1.54, 1.807) is 22.8 Å². The summed E-state index contributed by atoms with van der Waals surface area (Å²) in [6, 6.07) is 4.92. The molecule has 0 unspecified atom stereocenters. The molecule has 1 aromatic carbocycles. The number of carbonyl (C=O) groups excluding carboxylic acids is 1. The number of nitrogens with zero attached hydrogens (tertiary/aromatic N) is 1. The second kappa shape index (κ2) is 10.3. The van der Waals surface area contributed by atoms with Gasteiger partial charge in [-0.05, 0) is 30.5 Å². The van der Waals surface area contributed by atoms with Crippen LogP contribution >= 0.6 is 12.4 Å². The Kier molecular flexibility index (Phi) is 8.79. The Bertz CT molecular complexity index is 846. The van der Waals surface area contributed by atoms with Crippen LogP contribution in [0.2, 0.25) is 0 Å². The van der Waals surface area contributed by atoms with Gasteiger partial charge in [-0.2, -0.15) is 0 Å². The van der Waals surface area contributed by atoms with Gasteiger partial charge in [0.1, 0.15) is 5.75 Å². The van der Waals surface area contributed by atoms with Crippen LogP contribution in [0.25, 0.3) is 10.8 Å². The lowest BCUT2D eigenvalue weighted by atomic mass is 10.0. The van der Waals surface area contributed by atoms with Crippen molar-refractivity contribution in [2.75, 3.05) is 13.7 Å². The SMILES string of the molecule is CCCCOc1c(CN)n(CC(C)C)c(=O)c2ccc(C(=O)OC)cc12.Cl. The highest BCUT2D eigenvalue weighted by atomic mass is 35.5. The number of halogens is 1. The highest BCUT2D eigenvalue weighted by molar-refractivity contribution is 5.97. The molecule has 0 bridgehead atoms. The van der Waals surface area contributed by atoms with Crippen molar-refractivity contribution in [2.24, 2.45) is 11.7 Å². The number of nitrogens with two attached hydrogens (primary N) is 1. The van der Waals surface area contributed by atoms with Gasteiger partial charge in [-0.1, -0.05) is 27.2 Å². The lowest BCUT2D eigenvalue weighted by molar-refractivity contribution is 0.0601. The fourth-order valence-electron chi connectivity index (χ4n) is 2.95. The molecule has 2 aromatic rings. The number of rotatable bonds is 8. The van der Waals surface area contributed by atoms with Crippen LogP contribution in [0, 0.1) is 5.92 Å². The van der Waals surface area contributed by atoms with Crippen LogP contribution in [0.15, 0.2) is 23.0 Å². The second-order valence-electron chi connectivity index (χ2n) is 6.74.